The van der Waals surface area contributed by atoms with Crippen LogP contribution in [-0.4, -0.2) is 15.4 Å². The first-order chi connectivity index (χ1) is 9.38. The Balaban J connectivity index is 1.52. The van der Waals surface area contributed by atoms with E-state index < -0.39 is 0 Å². The van der Waals surface area contributed by atoms with E-state index in [2.05, 4.69) is 38.9 Å². The van der Waals surface area contributed by atoms with Crippen LogP contribution in [-0.2, 0) is 12.8 Å². The number of nitrogens with zero attached hydrogens (tertiary/aromatic N) is 2. The van der Waals surface area contributed by atoms with Crippen LogP contribution in [0.3, 0.4) is 0 Å². The third-order valence-corrected chi connectivity index (χ3v) is 4.72. The van der Waals surface area contributed by atoms with Crippen LogP contribution in [0, 0.1) is 0 Å². The molecule has 4 rings (SSSR count). The molecule has 0 saturated heterocycles. The van der Waals surface area contributed by atoms with Crippen LogP contribution >= 0.6 is 11.5 Å². The van der Waals surface area contributed by atoms with Crippen LogP contribution in [0.1, 0.15) is 42.1 Å². The summed E-state index contributed by atoms with van der Waals surface area (Å²) >= 11 is 1.52. The maximum atomic E-state index is 4.68. The van der Waals surface area contributed by atoms with Gasteiger partial charge in [0.1, 0.15) is 5.82 Å². The van der Waals surface area contributed by atoms with Crippen LogP contribution in [0.5, 0.6) is 0 Å². The second kappa shape index (κ2) is 4.60. The van der Waals surface area contributed by atoms with Crippen LogP contribution in [0.4, 0.5) is 5.13 Å². The van der Waals surface area contributed by atoms with Crippen molar-refractivity contribution in [2.24, 2.45) is 0 Å². The molecule has 3 nitrogen and oxygen atoms in total. The number of aryl methyl sites for hydroxylation is 1. The van der Waals surface area contributed by atoms with Gasteiger partial charge in [0.15, 0.2) is 0 Å². The normalized spacial score (nSPS) is 22.0. The zero-order valence-corrected chi connectivity index (χ0v) is 11.6. The molecule has 2 aliphatic rings. The van der Waals surface area contributed by atoms with Crippen molar-refractivity contribution in [1.29, 1.82) is 0 Å². The van der Waals surface area contributed by atoms with Gasteiger partial charge in [-0.2, -0.15) is 4.37 Å². The van der Waals surface area contributed by atoms with E-state index in [9.17, 15) is 0 Å². The Kier molecular flexibility index (Phi) is 2.76. The lowest BCUT2D eigenvalue weighted by Crippen LogP contribution is -2.13. The summed E-state index contributed by atoms with van der Waals surface area (Å²) in [6.45, 7) is 0. The van der Waals surface area contributed by atoms with Crippen molar-refractivity contribution >= 4 is 16.7 Å². The number of benzene rings is 1. The van der Waals surface area contributed by atoms with Gasteiger partial charge >= 0.3 is 0 Å². The number of fused-ring (bicyclic) bond motifs is 1. The molecule has 0 spiro atoms. The Bertz CT molecular complexity index is 589. The van der Waals surface area contributed by atoms with Gasteiger partial charge in [-0.3, -0.25) is 0 Å². The lowest BCUT2D eigenvalue weighted by atomic mass is 9.83. The highest BCUT2D eigenvalue weighted by Crippen LogP contribution is 2.33. The summed E-state index contributed by atoms with van der Waals surface area (Å²) in [6.07, 6.45) is 6.00. The first-order valence-corrected chi connectivity index (χ1v) is 7.83. The average Bonchev–Trinajstić information content (AvgIpc) is 3.14. The second-order valence-corrected chi connectivity index (χ2v) is 6.34. The van der Waals surface area contributed by atoms with Crippen molar-refractivity contribution in [3.63, 3.8) is 0 Å². The number of hydrogen-bond donors (Lipinski definition) is 1. The molecule has 1 aromatic carbocycles. The molecule has 1 heterocycles. The molecule has 2 aliphatic carbocycles. The molecule has 0 bridgehead atoms. The molecule has 1 atom stereocenters. The first-order valence-electron chi connectivity index (χ1n) is 7.05. The Morgan fingerprint density at radius 3 is 2.79 bits per heavy atom. The fourth-order valence-electron chi connectivity index (χ4n) is 2.78. The van der Waals surface area contributed by atoms with Crippen molar-refractivity contribution in [3.8, 4) is 0 Å². The van der Waals surface area contributed by atoms with Crippen LogP contribution in [0.25, 0.3) is 0 Å². The number of aromatic nitrogens is 2. The van der Waals surface area contributed by atoms with E-state index in [1.807, 2.05) is 0 Å². The van der Waals surface area contributed by atoms with Crippen molar-refractivity contribution < 1.29 is 0 Å². The summed E-state index contributed by atoms with van der Waals surface area (Å²) in [5.74, 6) is 1.54. The summed E-state index contributed by atoms with van der Waals surface area (Å²) in [4.78, 5) is 4.68. The Hall–Kier alpha value is -1.42. The fourth-order valence-corrected chi connectivity index (χ4v) is 3.50. The molecule has 19 heavy (non-hydrogen) atoms. The number of anilines is 1. The number of rotatable bonds is 3. The zero-order valence-electron chi connectivity index (χ0n) is 10.8. The molecule has 1 fully saturated rings. The summed E-state index contributed by atoms with van der Waals surface area (Å²) in [7, 11) is 0. The van der Waals surface area contributed by atoms with Gasteiger partial charge in [-0.1, -0.05) is 24.3 Å². The summed E-state index contributed by atoms with van der Waals surface area (Å²) in [5.41, 5.74) is 2.98. The summed E-state index contributed by atoms with van der Waals surface area (Å²) in [6, 6.07) is 9.43. The van der Waals surface area contributed by atoms with Crippen molar-refractivity contribution in [2.75, 3.05) is 5.32 Å². The molecular formula is C15H17N3S. The summed E-state index contributed by atoms with van der Waals surface area (Å²) < 4.78 is 4.56. The van der Waals surface area contributed by atoms with Gasteiger partial charge in [0.05, 0.1) is 0 Å². The molecule has 0 radical (unpaired) electrons. The third kappa shape index (κ3) is 2.37. The van der Waals surface area contributed by atoms with Gasteiger partial charge < -0.3 is 5.32 Å². The molecular weight excluding hydrogens is 254 g/mol. The molecule has 1 unspecified atom stereocenters. The van der Waals surface area contributed by atoms with Crippen molar-refractivity contribution in [2.45, 2.75) is 44.1 Å². The topological polar surface area (TPSA) is 37.8 Å². The average molecular weight is 271 g/mol. The number of nitrogens with one attached hydrogen (secondary N) is 1. The SMILES string of the molecule is c1ccc2c(c1)CCC(c1nsc(NC3CC3)n1)C2. The minimum absolute atomic E-state index is 0.501. The van der Waals surface area contributed by atoms with E-state index >= 15 is 0 Å². The zero-order chi connectivity index (χ0) is 12.7. The van der Waals surface area contributed by atoms with E-state index in [0.29, 0.717) is 12.0 Å². The van der Waals surface area contributed by atoms with Crippen LogP contribution in [0.15, 0.2) is 24.3 Å². The Morgan fingerprint density at radius 1 is 1.11 bits per heavy atom. The van der Waals surface area contributed by atoms with E-state index in [0.717, 1.165) is 23.8 Å². The van der Waals surface area contributed by atoms with Gasteiger partial charge in [-0.25, -0.2) is 4.98 Å². The van der Waals surface area contributed by atoms with Gasteiger partial charge in [-0.15, -0.1) is 0 Å². The maximum absolute atomic E-state index is 4.68. The molecule has 0 amide bonds. The predicted molar refractivity (Wildman–Crippen MR) is 77.8 cm³/mol. The highest BCUT2D eigenvalue weighted by molar-refractivity contribution is 7.09. The maximum Gasteiger partial charge on any atom is 0.202 e. The largest absolute Gasteiger partial charge is 0.358 e. The van der Waals surface area contributed by atoms with Crippen LogP contribution < -0.4 is 5.32 Å². The van der Waals surface area contributed by atoms with Gasteiger partial charge in [0.2, 0.25) is 5.13 Å². The lowest BCUT2D eigenvalue weighted by Gasteiger charge is -2.22. The number of hydrogen-bond acceptors (Lipinski definition) is 4. The van der Waals surface area contributed by atoms with Gasteiger partial charge in [0, 0.05) is 23.5 Å². The molecule has 1 saturated carbocycles. The van der Waals surface area contributed by atoms with Gasteiger partial charge in [-0.05, 0) is 43.2 Å². The summed E-state index contributed by atoms with van der Waals surface area (Å²) in [5, 5.41) is 4.45. The first kappa shape index (κ1) is 11.4. The van der Waals surface area contributed by atoms with E-state index in [1.165, 1.54) is 41.9 Å². The highest BCUT2D eigenvalue weighted by Gasteiger charge is 2.25. The Morgan fingerprint density at radius 2 is 1.95 bits per heavy atom. The van der Waals surface area contributed by atoms with E-state index in [4.69, 9.17) is 0 Å². The predicted octanol–water partition coefficient (Wildman–Crippen LogP) is 3.38. The highest BCUT2D eigenvalue weighted by atomic mass is 32.1. The van der Waals surface area contributed by atoms with E-state index in [-0.39, 0.29) is 0 Å². The standard InChI is InChI=1S/C15H17N3S/c1-2-4-11-9-12(6-5-10(11)3-1)14-17-15(19-18-14)16-13-7-8-13/h1-4,12-13H,5-9H2,(H,16,17,18). The third-order valence-electron chi connectivity index (χ3n) is 4.06. The van der Waals surface area contributed by atoms with Gasteiger partial charge in [0.25, 0.3) is 0 Å². The molecule has 2 aromatic rings. The Labute approximate surface area is 117 Å². The molecule has 1 N–H and O–H groups in total. The lowest BCUT2D eigenvalue weighted by molar-refractivity contribution is 0.562. The van der Waals surface area contributed by atoms with Crippen molar-refractivity contribution in [3.05, 3.63) is 41.2 Å². The molecule has 1 aromatic heterocycles. The quantitative estimate of drug-likeness (QED) is 0.930. The molecule has 98 valence electrons. The molecule has 4 heteroatoms. The van der Waals surface area contributed by atoms with Crippen LogP contribution in [0.2, 0.25) is 0 Å². The fraction of sp³-hybridized carbons (Fsp3) is 0.467. The van der Waals surface area contributed by atoms with Crippen molar-refractivity contribution in [1.82, 2.24) is 9.36 Å². The smallest absolute Gasteiger partial charge is 0.202 e. The second-order valence-electron chi connectivity index (χ2n) is 5.58. The molecule has 0 aliphatic heterocycles. The minimum atomic E-state index is 0.501. The van der Waals surface area contributed by atoms with E-state index in [1.54, 1.807) is 0 Å². The minimum Gasteiger partial charge on any atom is -0.358 e. The monoisotopic (exact) mass is 271 g/mol.